The van der Waals surface area contributed by atoms with Gasteiger partial charge in [0.2, 0.25) is 0 Å². The zero-order valence-corrected chi connectivity index (χ0v) is 17.3. The summed E-state index contributed by atoms with van der Waals surface area (Å²) in [6, 6.07) is 19.0. The molecule has 0 amide bonds. The topological polar surface area (TPSA) is 33.4 Å². The van der Waals surface area contributed by atoms with Crippen LogP contribution in [0.3, 0.4) is 0 Å². The highest BCUT2D eigenvalue weighted by atomic mass is 79.9. The standard InChI is InChI=1S/C21H19BrN4S/c1-14-13-26-20(19(24-21(26)27-14)17-8-2-3-10-23-17)18-9-5-11-25(18)16-7-4-6-15(22)12-16/h2-12,14,19-20H,13H2,1H3/t14-,19+,20-/m0/s1. The number of aliphatic imine (C=N–C) groups is 1. The Morgan fingerprint density at radius 2 is 2.04 bits per heavy atom. The zero-order valence-electron chi connectivity index (χ0n) is 14.9. The molecule has 136 valence electrons. The van der Waals surface area contributed by atoms with Gasteiger partial charge < -0.3 is 9.47 Å². The van der Waals surface area contributed by atoms with Gasteiger partial charge in [-0.3, -0.25) is 9.98 Å². The van der Waals surface area contributed by atoms with Crippen LogP contribution in [0.2, 0.25) is 0 Å². The Bertz CT molecular complexity index is 1000. The molecule has 2 aliphatic heterocycles. The molecule has 0 bridgehead atoms. The van der Waals surface area contributed by atoms with Crippen molar-refractivity contribution < 1.29 is 0 Å². The first kappa shape index (κ1) is 17.1. The number of hydrogen-bond acceptors (Lipinski definition) is 4. The van der Waals surface area contributed by atoms with E-state index in [2.05, 4.69) is 86.0 Å². The van der Waals surface area contributed by atoms with Gasteiger partial charge in [-0.05, 0) is 42.5 Å². The van der Waals surface area contributed by atoms with Crippen molar-refractivity contribution in [1.82, 2.24) is 14.5 Å². The summed E-state index contributed by atoms with van der Waals surface area (Å²) < 4.78 is 3.35. The molecule has 0 spiro atoms. The van der Waals surface area contributed by atoms with E-state index in [1.165, 1.54) is 5.69 Å². The minimum absolute atomic E-state index is 0.0157. The first-order chi connectivity index (χ1) is 13.2. The number of hydrogen-bond donors (Lipinski definition) is 0. The average molecular weight is 439 g/mol. The summed E-state index contributed by atoms with van der Waals surface area (Å²) >= 11 is 5.47. The smallest absolute Gasteiger partial charge is 0.160 e. The molecule has 1 aromatic carbocycles. The summed E-state index contributed by atoms with van der Waals surface area (Å²) in [5.74, 6) is 0. The van der Waals surface area contributed by atoms with Gasteiger partial charge in [0, 0.05) is 40.0 Å². The summed E-state index contributed by atoms with van der Waals surface area (Å²) in [5.41, 5.74) is 3.43. The molecule has 2 aromatic heterocycles. The van der Waals surface area contributed by atoms with E-state index >= 15 is 0 Å². The molecule has 1 fully saturated rings. The third kappa shape index (κ3) is 3.01. The Hall–Kier alpha value is -2.05. The van der Waals surface area contributed by atoms with E-state index < -0.39 is 0 Å². The summed E-state index contributed by atoms with van der Waals surface area (Å²) in [7, 11) is 0. The van der Waals surface area contributed by atoms with Gasteiger partial charge in [-0.1, -0.05) is 46.7 Å². The Morgan fingerprint density at radius 1 is 1.11 bits per heavy atom. The molecular formula is C21H19BrN4S. The van der Waals surface area contributed by atoms with E-state index in [0.717, 1.165) is 27.6 Å². The molecule has 1 saturated heterocycles. The molecule has 5 rings (SSSR count). The minimum Gasteiger partial charge on any atom is -0.339 e. The van der Waals surface area contributed by atoms with Crippen molar-refractivity contribution in [2.75, 3.05) is 6.54 Å². The molecule has 0 radical (unpaired) electrons. The van der Waals surface area contributed by atoms with E-state index in [1.807, 2.05) is 30.1 Å². The number of benzene rings is 1. The van der Waals surface area contributed by atoms with Gasteiger partial charge in [0.25, 0.3) is 0 Å². The Morgan fingerprint density at radius 3 is 2.85 bits per heavy atom. The highest BCUT2D eigenvalue weighted by Gasteiger charge is 2.44. The van der Waals surface area contributed by atoms with Crippen molar-refractivity contribution in [1.29, 1.82) is 0 Å². The summed E-state index contributed by atoms with van der Waals surface area (Å²) in [6.45, 7) is 3.28. The third-order valence-corrected chi connectivity index (χ3v) is 6.65. The highest BCUT2D eigenvalue weighted by molar-refractivity contribution is 9.10. The fraction of sp³-hybridized carbons (Fsp3) is 0.238. The second kappa shape index (κ2) is 6.84. The van der Waals surface area contributed by atoms with Crippen LogP contribution in [0.25, 0.3) is 5.69 Å². The van der Waals surface area contributed by atoms with Crippen molar-refractivity contribution in [2.45, 2.75) is 24.3 Å². The fourth-order valence-corrected chi connectivity index (χ4v) is 5.41. The van der Waals surface area contributed by atoms with E-state index in [1.54, 1.807) is 0 Å². The first-order valence-corrected chi connectivity index (χ1v) is 10.7. The monoisotopic (exact) mass is 438 g/mol. The molecule has 6 heteroatoms. The molecule has 3 aromatic rings. The van der Waals surface area contributed by atoms with Gasteiger partial charge in [-0.25, -0.2) is 0 Å². The van der Waals surface area contributed by atoms with Crippen LogP contribution in [-0.4, -0.2) is 31.4 Å². The van der Waals surface area contributed by atoms with Gasteiger partial charge in [-0.15, -0.1) is 0 Å². The zero-order chi connectivity index (χ0) is 18.4. The maximum atomic E-state index is 5.08. The van der Waals surface area contributed by atoms with E-state index in [9.17, 15) is 0 Å². The Labute approximate surface area is 171 Å². The van der Waals surface area contributed by atoms with Crippen molar-refractivity contribution in [3.63, 3.8) is 0 Å². The lowest BCUT2D eigenvalue weighted by Gasteiger charge is -2.28. The summed E-state index contributed by atoms with van der Waals surface area (Å²) in [5, 5.41) is 1.70. The van der Waals surface area contributed by atoms with E-state index in [4.69, 9.17) is 4.99 Å². The van der Waals surface area contributed by atoms with Gasteiger partial charge in [0.15, 0.2) is 5.17 Å². The molecule has 3 atom stereocenters. The van der Waals surface area contributed by atoms with E-state index in [0.29, 0.717) is 5.25 Å². The van der Waals surface area contributed by atoms with Crippen molar-refractivity contribution in [3.05, 3.63) is 82.9 Å². The average Bonchev–Trinajstić information content (AvgIpc) is 3.36. The van der Waals surface area contributed by atoms with Gasteiger partial charge in [0.1, 0.15) is 6.04 Å². The van der Waals surface area contributed by atoms with Crippen LogP contribution in [0.15, 0.2) is 76.5 Å². The van der Waals surface area contributed by atoms with Crippen LogP contribution < -0.4 is 0 Å². The largest absolute Gasteiger partial charge is 0.339 e. The molecule has 4 nitrogen and oxygen atoms in total. The Balaban J connectivity index is 1.62. The minimum atomic E-state index is 0.0157. The third-order valence-electron chi connectivity index (χ3n) is 5.05. The normalized spacial score (nSPS) is 24.1. The maximum Gasteiger partial charge on any atom is 0.160 e. The number of amidine groups is 1. The highest BCUT2D eigenvalue weighted by Crippen LogP contribution is 2.47. The fourth-order valence-electron chi connectivity index (χ4n) is 3.93. The molecule has 0 aliphatic carbocycles. The molecule has 0 N–H and O–H groups in total. The number of fused-ring (bicyclic) bond motifs is 1. The SMILES string of the molecule is C[C@H]1CN2C(=N[C@H](c3ccccn3)[C@@H]2c2cccn2-c2cccc(Br)c2)S1. The number of pyridine rings is 1. The quantitative estimate of drug-likeness (QED) is 0.561. The van der Waals surface area contributed by atoms with Gasteiger partial charge in [-0.2, -0.15) is 0 Å². The first-order valence-electron chi connectivity index (χ1n) is 9.06. The second-order valence-corrected chi connectivity index (χ2v) is 9.24. The molecule has 27 heavy (non-hydrogen) atoms. The van der Waals surface area contributed by atoms with Crippen LogP contribution in [0.5, 0.6) is 0 Å². The molecule has 4 heterocycles. The predicted octanol–water partition coefficient (Wildman–Crippen LogP) is 5.22. The van der Waals surface area contributed by atoms with Crippen molar-refractivity contribution in [2.24, 2.45) is 4.99 Å². The number of halogens is 1. The van der Waals surface area contributed by atoms with Crippen molar-refractivity contribution in [3.8, 4) is 5.69 Å². The van der Waals surface area contributed by atoms with E-state index in [-0.39, 0.29) is 12.1 Å². The van der Waals surface area contributed by atoms with Gasteiger partial charge >= 0.3 is 0 Å². The van der Waals surface area contributed by atoms with Crippen LogP contribution in [0, 0.1) is 0 Å². The van der Waals surface area contributed by atoms with Crippen LogP contribution in [-0.2, 0) is 0 Å². The predicted molar refractivity (Wildman–Crippen MR) is 114 cm³/mol. The number of aromatic nitrogens is 2. The molecule has 2 aliphatic rings. The maximum absolute atomic E-state index is 5.08. The number of rotatable bonds is 3. The van der Waals surface area contributed by atoms with Crippen LogP contribution in [0.4, 0.5) is 0 Å². The number of thioether (sulfide) groups is 1. The lowest BCUT2D eigenvalue weighted by Crippen LogP contribution is -2.30. The summed E-state index contributed by atoms with van der Waals surface area (Å²) in [4.78, 5) is 12.2. The Kier molecular flexibility index (Phi) is 4.32. The second-order valence-electron chi connectivity index (χ2n) is 6.92. The van der Waals surface area contributed by atoms with Crippen LogP contribution >= 0.6 is 27.7 Å². The van der Waals surface area contributed by atoms with Crippen molar-refractivity contribution >= 4 is 32.9 Å². The van der Waals surface area contributed by atoms with Crippen LogP contribution in [0.1, 0.15) is 30.4 Å². The molecular weight excluding hydrogens is 420 g/mol. The number of nitrogens with zero attached hydrogens (tertiary/aromatic N) is 4. The lowest BCUT2D eigenvalue weighted by atomic mass is 10.0. The lowest BCUT2D eigenvalue weighted by molar-refractivity contribution is 0.312. The molecule has 0 unspecified atom stereocenters. The summed E-state index contributed by atoms with van der Waals surface area (Å²) in [6.07, 6.45) is 4.00. The van der Waals surface area contributed by atoms with Gasteiger partial charge in [0.05, 0.1) is 11.7 Å². The molecule has 0 saturated carbocycles.